The second kappa shape index (κ2) is 5.62. The molecule has 0 radical (unpaired) electrons. The summed E-state index contributed by atoms with van der Waals surface area (Å²) >= 11 is 0. The molecular weight excluding hydrogens is 309 g/mol. The van der Waals surface area contributed by atoms with Crippen LogP contribution in [0.15, 0.2) is 55.1 Å². The average Bonchev–Trinajstić information content (AvgIpc) is 2.60. The predicted molar refractivity (Wildman–Crippen MR) is 87.0 cm³/mol. The zero-order chi connectivity index (χ0) is 16.5. The minimum atomic E-state index is -0.544. The van der Waals surface area contributed by atoms with E-state index in [1.165, 1.54) is 18.5 Å². The van der Waals surface area contributed by atoms with Crippen LogP contribution in [-0.2, 0) is 0 Å². The third-order valence-corrected chi connectivity index (χ3v) is 3.51. The SMILES string of the molecule is O=C(Nc1ccc2nccnc2c1)c1cc(F)cc2nccnc12. The molecule has 2 aromatic carbocycles. The van der Waals surface area contributed by atoms with E-state index in [2.05, 4.69) is 25.3 Å². The fourth-order valence-corrected chi connectivity index (χ4v) is 2.45. The van der Waals surface area contributed by atoms with E-state index in [1.807, 2.05) is 0 Å². The minimum Gasteiger partial charge on any atom is -0.322 e. The smallest absolute Gasteiger partial charge is 0.258 e. The molecule has 6 nitrogen and oxygen atoms in total. The molecule has 0 atom stereocenters. The standard InChI is InChI=1S/C17H10FN5O/c18-10-7-12(16-15(8-10)21-5-6-22-16)17(24)23-11-1-2-13-14(9-11)20-4-3-19-13/h1-9H,(H,23,24). The van der Waals surface area contributed by atoms with Crippen LogP contribution >= 0.6 is 0 Å². The molecule has 24 heavy (non-hydrogen) atoms. The summed E-state index contributed by atoms with van der Waals surface area (Å²) in [7, 11) is 0. The largest absolute Gasteiger partial charge is 0.322 e. The molecule has 0 aliphatic carbocycles. The van der Waals surface area contributed by atoms with Gasteiger partial charge in [0.2, 0.25) is 0 Å². The number of carbonyl (C=O) groups excluding carboxylic acids is 1. The molecule has 1 amide bonds. The predicted octanol–water partition coefficient (Wildman–Crippen LogP) is 2.96. The van der Waals surface area contributed by atoms with E-state index >= 15 is 0 Å². The number of hydrogen-bond acceptors (Lipinski definition) is 5. The number of aromatic nitrogens is 4. The van der Waals surface area contributed by atoms with Crippen LogP contribution in [0.3, 0.4) is 0 Å². The summed E-state index contributed by atoms with van der Waals surface area (Å²) in [6.45, 7) is 0. The lowest BCUT2D eigenvalue weighted by Crippen LogP contribution is -2.13. The van der Waals surface area contributed by atoms with Gasteiger partial charge in [-0.15, -0.1) is 0 Å². The van der Waals surface area contributed by atoms with E-state index < -0.39 is 11.7 Å². The molecule has 0 unspecified atom stereocenters. The van der Waals surface area contributed by atoms with Gasteiger partial charge in [0.05, 0.1) is 22.1 Å². The highest BCUT2D eigenvalue weighted by molar-refractivity contribution is 6.11. The maximum absolute atomic E-state index is 13.7. The van der Waals surface area contributed by atoms with Crippen molar-refractivity contribution in [3.63, 3.8) is 0 Å². The van der Waals surface area contributed by atoms with Crippen molar-refractivity contribution < 1.29 is 9.18 Å². The Bertz CT molecular complexity index is 1080. The van der Waals surface area contributed by atoms with E-state index in [9.17, 15) is 9.18 Å². The Morgan fingerprint density at radius 3 is 2.38 bits per heavy atom. The Balaban J connectivity index is 1.73. The Morgan fingerprint density at radius 1 is 0.833 bits per heavy atom. The summed E-state index contributed by atoms with van der Waals surface area (Å²) in [5.41, 5.74) is 2.70. The van der Waals surface area contributed by atoms with Gasteiger partial charge in [-0.05, 0) is 24.3 Å². The maximum atomic E-state index is 13.7. The summed E-state index contributed by atoms with van der Waals surface area (Å²) in [5.74, 6) is -1.01. The van der Waals surface area contributed by atoms with Gasteiger partial charge >= 0.3 is 0 Å². The average molecular weight is 319 g/mol. The highest BCUT2D eigenvalue weighted by Gasteiger charge is 2.14. The first-order valence-electron chi connectivity index (χ1n) is 7.13. The van der Waals surface area contributed by atoms with Gasteiger partial charge in [-0.2, -0.15) is 0 Å². The van der Waals surface area contributed by atoms with Crippen molar-refractivity contribution in [3.05, 3.63) is 66.5 Å². The number of amides is 1. The van der Waals surface area contributed by atoms with E-state index in [0.717, 1.165) is 11.6 Å². The van der Waals surface area contributed by atoms with Gasteiger partial charge in [0, 0.05) is 36.5 Å². The van der Waals surface area contributed by atoms with E-state index in [1.54, 1.807) is 30.6 Å². The van der Waals surface area contributed by atoms with Gasteiger partial charge < -0.3 is 5.32 Å². The Hall–Kier alpha value is -3.48. The van der Waals surface area contributed by atoms with Crippen LogP contribution < -0.4 is 5.32 Å². The monoisotopic (exact) mass is 319 g/mol. The lowest BCUT2D eigenvalue weighted by Gasteiger charge is -2.08. The molecule has 7 heteroatoms. The highest BCUT2D eigenvalue weighted by Crippen LogP contribution is 2.20. The van der Waals surface area contributed by atoms with Crippen LogP contribution in [0, 0.1) is 5.82 Å². The lowest BCUT2D eigenvalue weighted by atomic mass is 10.1. The molecule has 4 aromatic rings. The van der Waals surface area contributed by atoms with Gasteiger partial charge in [0.15, 0.2) is 0 Å². The first-order valence-corrected chi connectivity index (χ1v) is 7.13. The highest BCUT2D eigenvalue weighted by atomic mass is 19.1. The summed E-state index contributed by atoms with van der Waals surface area (Å²) in [6, 6.07) is 7.55. The van der Waals surface area contributed by atoms with Gasteiger partial charge in [0.25, 0.3) is 5.91 Å². The van der Waals surface area contributed by atoms with Crippen molar-refractivity contribution in [2.75, 3.05) is 5.32 Å². The number of carbonyl (C=O) groups is 1. The Kier molecular flexibility index (Phi) is 3.31. The Labute approximate surface area is 135 Å². The fraction of sp³-hybridized carbons (Fsp3) is 0. The summed E-state index contributed by atoms with van der Waals surface area (Å²) in [6.07, 6.45) is 6.08. The second-order valence-electron chi connectivity index (χ2n) is 5.09. The van der Waals surface area contributed by atoms with Crippen molar-refractivity contribution >= 4 is 33.7 Å². The molecular formula is C17H10FN5O. The van der Waals surface area contributed by atoms with Crippen LogP contribution in [0.2, 0.25) is 0 Å². The molecule has 116 valence electrons. The van der Waals surface area contributed by atoms with E-state index in [0.29, 0.717) is 22.2 Å². The molecule has 4 rings (SSSR count). The van der Waals surface area contributed by atoms with Gasteiger partial charge in [-0.1, -0.05) is 0 Å². The molecule has 2 heterocycles. The zero-order valence-corrected chi connectivity index (χ0v) is 12.3. The van der Waals surface area contributed by atoms with Gasteiger partial charge in [-0.25, -0.2) is 4.39 Å². The summed E-state index contributed by atoms with van der Waals surface area (Å²) < 4.78 is 13.7. The molecule has 2 aromatic heterocycles. The van der Waals surface area contributed by atoms with Crippen molar-refractivity contribution in [2.45, 2.75) is 0 Å². The summed E-state index contributed by atoms with van der Waals surface area (Å²) in [5, 5.41) is 2.73. The number of rotatable bonds is 2. The van der Waals surface area contributed by atoms with E-state index in [-0.39, 0.29) is 5.56 Å². The Morgan fingerprint density at radius 2 is 1.54 bits per heavy atom. The normalized spacial score (nSPS) is 10.9. The first kappa shape index (κ1) is 14.1. The molecule has 0 aliphatic heterocycles. The number of halogens is 1. The molecule has 0 fully saturated rings. The fourth-order valence-electron chi connectivity index (χ4n) is 2.45. The second-order valence-corrected chi connectivity index (χ2v) is 5.09. The van der Waals surface area contributed by atoms with Crippen LogP contribution in [0.1, 0.15) is 10.4 Å². The third-order valence-electron chi connectivity index (χ3n) is 3.51. The van der Waals surface area contributed by atoms with Crippen molar-refractivity contribution in [1.82, 2.24) is 19.9 Å². The van der Waals surface area contributed by atoms with Crippen molar-refractivity contribution in [2.24, 2.45) is 0 Å². The third kappa shape index (κ3) is 2.52. The van der Waals surface area contributed by atoms with Crippen LogP contribution in [-0.4, -0.2) is 25.8 Å². The van der Waals surface area contributed by atoms with Gasteiger partial charge in [0.1, 0.15) is 11.3 Å². The van der Waals surface area contributed by atoms with Crippen LogP contribution in [0.5, 0.6) is 0 Å². The van der Waals surface area contributed by atoms with Gasteiger partial charge in [-0.3, -0.25) is 24.7 Å². The first-order chi connectivity index (χ1) is 11.7. The molecule has 0 bridgehead atoms. The molecule has 0 spiro atoms. The number of benzene rings is 2. The maximum Gasteiger partial charge on any atom is 0.258 e. The number of fused-ring (bicyclic) bond motifs is 2. The quantitative estimate of drug-likeness (QED) is 0.614. The van der Waals surface area contributed by atoms with Crippen molar-refractivity contribution in [1.29, 1.82) is 0 Å². The number of nitrogens with zero attached hydrogens (tertiary/aromatic N) is 4. The summed E-state index contributed by atoms with van der Waals surface area (Å²) in [4.78, 5) is 29.0. The number of nitrogens with one attached hydrogen (secondary N) is 1. The minimum absolute atomic E-state index is 0.123. The van der Waals surface area contributed by atoms with E-state index in [4.69, 9.17) is 0 Å². The molecule has 0 aliphatic rings. The van der Waals surface area contributed by atoms with Crippen LogP contribution in [0.25, 0.3) is 22.1 Å². The lowest BCUT2D eigenvalue weighted by molar-refractivity contribution is 0.102. The zero-order valence-electron chi connectivity index (χ0n) is 12.3. The molecule has 0 saturated heterocycles. The molecule has 0 saturated carbocycles. The number of hydrogen-bond donors (Lipinski definition) is 1. The van der Waals surface area contributed by atoms with Crippen LogP contribution in [0.4, 0.5) is 10.1 Å². The topological polar surface area (TPSA) is 80.7 Å². The number of anilines is 1. The van der Waals surface area contributed by atoms with Crippen molar-refractivity contribution in [3.8, 4) is 0 Å². The molecule has 1 N–H and O–H groups in total.